The molecule has 146 valence electrons. The highest BCUT2D eigenvalue weighted by molar-refractivity contribution is 7.89. The van der Waals surface area contributed by atoms with Crippen LogP contribution in [0.15, 0.2) is 64.3 Å². The lowest BCUT2D eigenvalue weighted by Gasteiger charge is -2.23. The van der Waals surface area contributed by atoms with Crippen molar-refractivity contribution in [2.45, 2.75) is 32.2 Å². The number of H-pyrrole nitrogens is 1. The molecule has 0 atom stereocenters. The molecule has 3 aromatic rings. The summed E-state index contributed by atoms with van der Waals surface area (Å²) in [5.74, 6) is 0. The van der Waals surface area contributed by atoms with Crippen molar-refractivity contribution >= 4 is 10.0 Å². The van der Waals surface area contributed by atoms with Crippen LogP contribution in [0.25, 0.3) is 11.3 Å². The van der Waals surface area contributed by atoms with Gasteiger partial charge in [0.05, 0.1) is 10.6 Å². The molecule has 1 heterocycles. The van der Waals surface area contributed by atoms with Gasteiger partial charge in [-0.25, -0.2) is 13.5 Å². The van der Waals surface area contributed by atoms with Crippen molar-refractivity contribution in [2.75, 3.05) is 6.54 Å². The molecule has 6 nitrogen and oxygen atoms in total. The number of nitrogens with zero attached hydrogens (tertiary/aromatic N) is 2. The van der Waals surface area contributed by atoms with Crippen LogP contribution in [0.5, 0.6) is 0 Å². The Hall–Kier alpha value is -2.77. The summed E-state index contributed by atoms with van der Waals surface area (Å²) >= 11 is 0. The van der Waals surface area contributed by atoms with Crippen molar-refractivity contribution in [1.29, 1.82) is 0 Å². The molecule has 0 unspecified atom stereocenters. The topological polar surface area (TPSA) is 83.1 Å². The minimum Gasteiger partial charge on any atom is -0.268 e. The van der Waals surface area contributed by atoms with Crippen LogP contribution >= 0.6 is 0 Å². The Morgan fingerprint density at radius 1 is 1.04 bits per heavy atom. The summed E-state index contributed by atoms with van der Waals surface area (Å²) in [5.41, 5.74) is 3.35. The van der Waals surface area contributed by atoms with Crippen molar-refractivity contribution in [3.8, 4) is 11.3 Å². The average Bonchev–Trinajstić information content (AvgIpc) is 2.69. The third-order valence-corrected chi connectivity index (χ3v) is 6.81. The lowest BCUT2D eigenvalue weighted by atomic mass is 10.0. The van der Waals surface area contributed by atoms with Gasteiger partial charge in [0.15, 0.2) is 0 Å². The molecular weight excluding hydrogens is 374 g/mol. The van der Waals surface area contributed by atoms with Gasteiger partial charge in [-0.15, -0.1) is 0 Å². The molecule has 3 rings (SSSR count). The van der Waals surface area contributed by atoms with Gasteiger partial charge in [-0.3, -0.25) is 4.79 Å². The second-order valence-electron chi connectivity index (χ2n) is 6.64. The Morgan fingerprint density at radius 2 is 1.75 bits per heavy atom. The Balaban J connectivity index is 2.07. The Bertz CT molecular complexity index is 1120. The highest BCUT2D eigenvalue weighted by atomic mass is 32.2. The number of hydrogen-bond donors (Lipinski definition) is 1. The molecule has 0 radical (unpaired) electrons. The highest BCUT2D eigenvalue weighted by Crippen LogP contribution is 2.29. The van der Waals surface area contributed by atoms with Crippen LogP contribution in [0.3, 0.4) is 0 Å². The van der Waals surface area contributed by atoms with Gasteiger partial charge in [-0.2, -0.15) is 9.40 Å². The summed E-state index contributed by atoms with van der Waals surface area (Å²) in [5, 5.41) is 6.42. The fourth-order valence-corrected chi connectivity index (χ4v) is 4.80. The summed E-state index contributed by atoms with van der Waals surface area (Å²) in [4.78, 5) is 11.5. The molecule has 0 amide bonds. The van der Waals surface area contributed by atoms with Crippen LogP contribution < -0.4 is 5.56 Å². The number of aromatic amines is 1. The molecule has 0 aliphatic heterocycles. The van der Waals surface area contributed by atoms with Gasteiger partial charge in [0, 0.05) is 24.7 Å². The first-order valence-electron chi connectivity index (χ1n) is 9.04. The Labute approximate surface area is 164 Å². The molecule has 1 N–H and O–H groups in total. The van der Waals surface area contributed by atoms with Crippen molar-refractivity contribution in [1.82, 2.24) is 14.5 Å². The van der Waals surface area contributed by atoms with Crippen molar-refractivity contribution < 1.29 is 8.42 Å². The zero-order valence-corrected chi connectivity index (χ0v) is 17.0. The van der Waals surface area contributed by atoms with Crippen molar-refractivity contribution in [2.24, 2.45) is 0 Å². The summed E-state index contributed by atoms with van der Waals surface area (Å²) in [7, 11) is -3.71. The van der Waals surface area contributed by atoms with Crippen LogP contribution in [0.1, 0.15) is 23.6 Å². The van der Waals surface area contributed by atoms with E-state index in [9.17, 15) is 13.2 Å². The van der Waals surface area contributed by atoms with E-state index in [-0.39, 0.29) is 10.5 Å². The summed E-state index contributed by atoms with van der Waals surface area (Å²) in [6.07, 6.45) is 0. The fourth-order valence-electron chi connectivity index (χ4n) is 3.04. The van der Waals surface area contributed by atoms with Gasteiger partial charge < -0.3 is 0 Å². The monoisotopic (exact) mass is 397 g/mol. The van der Waals surface area contributed by atoms with Crippen molar-refractivity contribution in [3.63, 3.8) is 0 Å². The zero-order chi connectivity index (χ0) is 20.3. The molecule has 7 heteroatoms. The van der Waals surface area contributed by atoms with E-state index in [1.807, 2.05) is 57.2 Å². The maximum absolute atomic E-state index is 13.4. The molecular formula is C21H23N3O3S. The standard InChI is InChI=1S/C21H23N3O3S/c1-4-24(14-17-8-6-5-7-9-17)28(26,27)20-13-18(12-15(2)16(20)3)19-10-11-21(25)23-22-19/h5-13H,4,14H2,1-3H3,(H,23,25). The first-order valence-corrected chi connectivity index (χ1v) is 10.5. The van der Waals surface area contributed by atoms with E-state index in [2.05, 4.69) is 10.2 Å². The number of aryl methyl sites for hydroxylation is 1. The maximum Gasteiger partial charge on any atom is 0.264 e. The number of benzene rings is 2. The van der Waals surface area contributed by atoms with Gasteiger partial charge in [0.2, 0.25) is 10.0 Å². The SMILES string of the molecule is CCN(Cc1ccccc1)S(=O)(=O)c1cc(-c2ccc(=O)[nH]n2)cc(C)c1C. The first kappa shape index (κ1) is 20.0. The normalized spacial score (nSPS) is 11.7. The van der Waals surface area contributed by atoms with E-state index >= 15 is 0 Å². The second kappa shape index (κ2) is 8.08. The summed E-state index contributed by atoms with van der Waals surface area (Å²) < 4.78 is 28.3. The van der Waals surface area contributed by atoms with Crippen LogP contribution in [0.2, 0.25) is 0 Å². The third-order valence-electron chi connectivity index (χ3n) is 4.77. The smallest absolute Gasteiger partial charge is 0.264 e. The minimum absolute atomic E-state index is 0.258. The first-order chi connectivity index (χ1) is 13.3. The molecule has 0 saturated heterocycles. The molecule has 0 spiro atoms. The largest absolute Gasteiger partial charge is 0.268 e. The fraction of sp³-hybridized carbons (Fsp3) is 0.238. The number of nitrogens with one attached hydrogen (secondary N) is 1. The van der Waals surface area contributed by atoms with Crippen LogP contribution in [0, 0.1) is 13.8 Å². The highest BCUT2D eigenvalue weighted by Gasteiger charge is 2.26. The molecule has 0 fully saturated rings. The van der Waals surface area contributed by atoms with E-state index in [4.69, 9.17) is 0 Å². The van der Waals surface area contributed by atoms with E-state index in [0.717, 1.165) is 11.1 Å². The lowest BCUT2D eigenvalue weighted by molar-refractivity contribution is 0.423. The zero-order valence-electron chi connectivity index (χ0n) is 16.1. The molecule has 28 heavy (non-hydrogen) atoms. The number of hydrogen-bond acceptors (Lipinski definition) is 4. The number of rotatable bonds is 6. The Kier molecular flexibility index (Phi) is 5.76. The predicted molar refractivity (Wildman–Crippen MR) is 109 cm³/mol. The van der Waals surface area contributed by atoms with Gasteiger partial charge in [-0.05, 0) is 48.7 Å². The second-order valence-corrected chi connectivity index (χ2v) is 8.55. The van der Waals surface area contributed by atoms with Gasteiger partial charge in [-0.1, -0.05) is 37.3 Å². The predicted octanol–water partition coefficient (Wildman–Crippen LogP) is 3.26. The molecule has 0 saturated carbocycles. The summed E-state index contributed by atoms with van der Waals surface area (Å²) in [6.45, 7) is 6.17. The molecule has 1 aromatic heterocycles. The molecule has 0 bridgehead atoms. The maximum atomic E-state index is 13.4. The van der Waals surface area contributed by atoms with E-state index in [0.29, 0.717) is 29.9 Å². The van der Waals surface area contributed by atoms with Gasteiger partial charge in [0.25, 0.3) is 5.56 Å². The van der Waals surface area contributed by atoms with Crippen LogP contribution in [-0.2, 0) is 16.6 Å². The molecule has 0 aliphatic rings. The van der Waals surface area contributed by atoms with E-state index < -0.39 is 10.0 Å². The van der Waals surface area contributed by atoms with Crippen LogP contribution in [-0.4, -0.2) is 29.5 Å². The molecule has 2 aromatic carbocycles. The van der Waals surface area contributed by atoms with E-state index in [1.165, 1.54) is 10.4 Å². The third kappa shape index (κ3) is 4.05. The van der Waals surface area contributed by atoms with E-state index in [1.54, 1.807) is 12.1 Å². The Morgan fingerprint density at radius 3 is 2.36 bits per heavy atom. The molecule has 0 aliphatic carbocycles. The van der Waals surface area contributed by atoms with Gasteiger partial charge in [0.1, 0.15) is 0 Å². The summed E-state index contributed by atoms with van der Waals surface area (Å²) in [6, 6.07) is 16.0. The van der Waals surface area contributed by atoms with Gasteiger partial charge >= 0.3 is 0 Å². The number of sulfonamides is 1. The van der Waals surface area contributed by atoms with Crippen molar-refractivity contribution in [3.05, 3.63) is 81.6 Å². The minimum atomic E-state index is -3.71. The quantitative estimate of drug-likeness (QED) is 0.692. The number of aromatic nitrogens is 2. The van der Waals surface area contributed by atoms with Crippen LogP contribution in [0.4, 0.5) is 0 Å². The average molecular weight is 398 g/mol. The lowest BCUT2D eigenvalue weighted by Crippen LogP contribution is -2.31.